The fourth-order valence-corrected chi connectivity index (χ4v) is 1.65. The van der Waals surface area contributed by atoms with Gasteiger partial charge in [0.15, 0.2) is 0 Å². The van der Waals surface area contributed by atoms with E-state index in [1.165, 1.54) is 0 Å². The van der Waals surface area contributed by atoms with Gasteiger partial charge in [-0.2, -0.15) is 0 Å². The Morgan fingerprint density at radius 3 is 2.88 bits per heavy atom. The second-order valence-electron chi connectivity index (χ2n) is 4.11. The van der Waals surface area contributed by atoms with Crippen molar-refractivity contribution in [1.82, 2.24) is 9.55 Å². The molecular weight excluding hydrogens is 216 g/mol. The maximum absolute atomic E-state index is 11.7. The van der Waals surface area contributed by atoms with Gasteiger partial charge < -0.3 is 9.30 Å². The number of hydrogen-bond acceptors (Lipinski definition) is 3. The number of ether oxygens (including phenoxy) is 1. The Kier molecular flexibility index (Phi) is 6.55. The second kappa shape index (κ2) is 8.01. The molecule has 4 heteroatoms. The molecule has 0 aromatic carbocycles. The zero-order chi connectivity index (χ0) is 12.5. The molecule has 96 valence electrons. The summed E-state index contributed by atoms with van der Waals surface area (Å²) in [6.45, 7) is 6.36. The average Bonchev–Trinajstić information content (AvgIpc) is 2.73. The van der Waals surface area contributed by atoms with Crippen LogP contribution in [-0.2, 0) is 22.5 Å². The number of ketones is 1. The van der Waals surface area contributed by atoms with E-state index in [1.807, 2.05) is 10.8 Å². The zero-order valence-corrected chi connectivity index (χ0v) is 10.8. The third kappa shape index (κ3) is 5.13. The normalized spacial score (nSPS) is 10.7. The van der Waals surface area contributed by atoms with Gasteiger partial charge in [0.05, 0.1) is 13.0 Å². The summed E-state index contributed by atoms with van der Waals surface area (Å²) in [7, 11) is 0. The Bertz CT molecular complexity index is 334. The van der Waals surface area contributed by atoms with Crippen molar-refractivity contribution < 1.29 is 9.53 Å². The minimum atomic E-state index is 0.199. The van der Waals surface area contributed by atoms with E-state index in [1.54, 1.807) is 6.20 Å². The first kappa shape index (κ1) is 13.9. The van der Waals surface area contributed by atoms with Crippen molar-refractivity contribution in [1.29, 1.82) is 0 Å². The molecular formula is C13H22N2O2. The Morgan fingerprint density at radius 2 is 2.18 bits per heavy atom. The molecule has 0 spiro atoms. The van der Waals surface area contributed by atoms with Crippen molar-refractivity contribution in [2.24, 2.45) is 0 Å². The van der Waals surface area contributed by atoms with Crippen LogP contribution < -0.4 is 0 Å². The Labute approximate surface area is 103 Å². The predicted octanol–water partition coefficient (Wildman–Crippen LogP) is 2.22. The third-order valence-corrected chi connectivity index (χ3v) is 2.50. The first-order valence-electron chi connectivity index (χ1n) is 6.37. The lowest BCUT2D eigenvalue weighted by Crippen LogP contribution is -2.12. The molecule has 0 aliphatic carbocycles. The molecule has 0 saturated carbocycles. The van der Waals surface area contributed by atoms with Crippen molar-refractivity contribution in [3.63, 3.8) is 0 Å². The number of carbonyl (C=O) groups excluding carboxylic acids is 1. The number of hydrogen-bond donors (Lipinski definition) is 0. The van der Waals surface area contributed by atoms with Gasteiger partial charge in [0.2, 0.25) is 0 Å². The zero-order valence-electron chi connectivity index (χ0n) is 10.8. The topological polar surface area (TPSA) is 44.1 Å². The molecule has 0 bridgehead atoms. The molecule has 17 heavy (non-hydrogen) atoms. The molecule has 0 fully saturated rings. The van der Waals surface area contributed by atoms with Crippen LogP contribution in [0.25, 0.3) is 0 Å². The lowest BCUT2D eigenvalue weighted by atomic mass is 10.2. The minimum Gasteiger partial charge on any atom is -0.381 e. The maximum Gasteiger partial charge on any atom is 0.142 e. The van der Waals surface area contributed by atoms with Crippen LogP contribution in [0.1, 0.15) is 38.9 Å². The fraction of sp³-hybridized carbons (Fsp3) is 0.692. The summed E-state index contributed by atoms with van der Waals surface area (Å²) in [5.74, 6) is 1.07. The molecule has 0 N–H and O–H groups in total. The Morgan fingerprint density at radius 1 is 1.35 bits per heavy atom. The van der Waals surface area contributed by atoms with Gasteiger partial charge in [0, 0.05) is 32.0 Å². The molecule has 0 radical (unpaired) electrons. The van der Waals surface area contributed by atoms with Gasteiger partial charge in [-0.25, -0.2) is 4.98 Å². The Hall–Kier alpha value is -1.16. The van der Waals surface area contributed by atoms with Crippen molar-refractivity contribution >= 4 is 5.78 Å². The number of imidazole rings is 1. The van der Waals surface area contributed by atoms with Gasteiger partial charge in [-0.15, -0.1) is 0 Å². The first-order chi connectivity index (χ1) is 8.27. The number of Topliss-reactive ketones (excluding diaryl/α,β-unsaturated/α-hetero) is 1. The predicted molar refractivity (Wildman–Crippen MR) is 67.0 cm³/mol. The third-order valence-electron chi connectivity index (χ3n) is 2.50. The summed E-state index contributed by atoms with van der Waals surface area (Å²) >= 11 is 0. The average molecular weight is 238 g/mol. The molecule has 0 atom stereocenters. The van der Waals surface area contributed by atoms with Crippen molar-refractivity contribution in [2.45, 2.75) is 46.1 Å². The van der Waals surface area contributed by atoms with Gasteiger partial charge >= 0.3 is 0 Å². The van der Waals surface area contributed by atoms with Crippen molar-refractivity contribution in [2.75, 3.05) is 13.2 Å². The van der Waals surface area contributed by atoms with Gasteiger partial charge in [0.1, 0.15) is 11.6 Å². The lowest BCUT2D eigenvalue weighted by Gasteiger charge is -2.06. The summed E-state index contributed by atoms with van der Waals surface area (Å²) in [6.07, 6.45) is 6.64. The van der Waals surface area contributed by atoms with Crippen LogP contribution in [0.4, 0.5) is 0 Å². The van der Waals surface area contributed by atoms with Gasteiger partial charge in [-0.1, -0.05) is 13.8 Å². The summed E-state index contributed by atoms with van der Waals surface area (Å²) in [6, 6.07) is 0. The van der Waals surface area contributed by atoms with Gasteiger partial charge in [-0.05, 0) is 12.8 Å². The standard InChI is InChI=1S/C13H22N2O2/c1-3-7-15-8-6-14-13(15)11-12(16)5-10-17-9-4-2/h6,8H,3-5,7,9-11H2,1-2H3. The minimum absolute atomic E-state index is 0.199. The lowest BCUT2D eigenvalue weighted by molar-refractivity contribution is -0.119. The van der Waals surface area contributed by atoms with Crippen LogP contribution in [0.2, 0.25) is 0 Å². The van der Waals surface area contributed by atoms with Crippen LogP contribution in [0.15, 0.2) is 12.4 Å². The van der Waals surface area contributed by atoms with E-state index in [2.05, 4.69) is 18.8 Å². The number of nitrogens with zero attached hydrogens (tertiary/aromatic N) is 2. The largest absolute Gasteiger partial charge is 0.381 e. The molecule has 4 nitrogen and oxygen atoms in total. The van der Waals surface area contributed by atoms with E-state index in [0.29, 0.717) is 19.4 Å². The van der Waals surface area contributed by atoms with E-state index < -0.39 is 0 Å². The molecule has 0 unspecified atom stereocenters. The van der Waals surface area contributed by atoms with Crippen LogP contribution in [0.3, 0.4) is 0 Å². The number of rotatable bonds is 9. The maximum atomic E-state index is 11.7. The summed E-state index contributed by atoms with van der Waals surface area (Å²) < 4.78 is 7.35. The highest BCUT2D eigenvalue weighted by Crippen LogP contribution is 2.02. The van der Waals surface area contributed by atoms with Crippen LogP contribution in [-0.4, -0.2) is 28.5 Å². The second-order valence-corrected chi connectivity index (χ2v) is 4.11. The van der Waals surface area contributed by atoms with E-state index in [0.717, 1.165) is 31.8 Å². The van der Waals surface area contributed by atoms with E-state index in [-0.39, 0.29) is 5.78 Å². The van der Waals surface area contributed by atoms with Crippen LogP contribution in [0, 0.1) is 0 Å². The van der Waals surface area contributed by atoms with Crippen molar-refractivity contribution in [3.8, 4) is 0 Å². The van der Waals surface area contributed by atoms with Crippen LogP contribution >= 0.6 is 0 Å². The molecule has 0 aliphatic rings. The summed E-state index contributed by atoms with van der Waals surface area (Å²) in [5, 5.41) is 0. The van der Waals surface area contributed by atoms with E-state index >= 15 is 0 Å². The summed E-state index contributed by atoms with van der Waals surface area (Å²) in [5.41, 5.74) is 0. The highest BCUT2D eigenvalue weighted by Gasteiger charge is 2.08. The quantitative estimate of drug-likeness (QED) is 0.620. The molecule has 1 aromatic rings. The number of aryl methyl sites for hydroxylation is 1. The molecule has 1 rings (SSSR count). The van der Waals surface area contributed by atoms with E-state index in [4.69, 9.17) is 4.74 Å². The van der Waals surface area contributed by atoms with E-state index in [9.17, 15) is 4.79 Å². The number of carbonyl (C=O) groups is 1. The highest BCUT2D eigenvalue weighted by molar-refractivity contribution is 5.80. The molecule has 0 saturated heterocycles. The fourth-order valence-electron chi connectivity index (χ4n) is 1.65. The molecule has 1 aromatic heterocycles. The Balaban J connectivity index is 2.31. The number of aromatic nitrogens is 2. The SMILES string of the molecule is CCCOCCC(=O)Cc1nccn1CCC. The smallest absolute Gasteiger partial charge is 0.142 e. The van der Waals surface area contributed by atoms with Crippen molar-refractivity contribution in [3.05, 3.63) is 18.2 Å². The molecule has 0 amide bonds. The first-order valence-corrected chi connectivity index (χ1v) is 6.37. The highest BCUT2D eigenvalue weighted by atomic mass is 16.5. The van der Waals surface area contributed by atoms with Crippen LogP contribution in [0.5, 0.6) is 0 Å². The summed E-state index contributed by atoms with van der Waals surface area (Å²) in [4.78, 5) is 15.9. The molecule has 0 aliphatic heterocycles. The monoisotopic (exact) mass is 238 g/mol. The van der Waals surface area contributed by atoms with Gasteiger partial charge in [-0.3, -0.25) is 4.79 Å². The molecule has 1 heterocycles. The van der Waals surface area contributed by atoms with Gasteiger partial charge in [0.25, 0.3) is 0 Å².